The lowest BCUT2D eigenvalue weighted by atomic mass is 10.4. The number of hydrogen-bond donors (Lipinski definition) is 2. The Bertz CT molecular complexity index is 249. The first-order chi connectivity index (χ1) is 7.67. The summed E-state index contributed by atoms with van der Waals surface area (Å²) in [5.74, 6) is -0.694. The third-order valence-electron chi connectivity index (χ3n) is 2.41. The Morgan fingerprint density at radius 1 is 1.19 bits per heavy atom. The maximum atomic E-state index is 11.3. The van der Waals surface area contributed by atoms with Crippen LogP contribution >= 0.6 is 0 Å². The van der Waals surface area contributed by atoms with E-state index in [1.807, 2.05) is 0 Å². The van der Waals surface area contributed by atoms with Crippen molar-refractivity contribution >= 4 is 11.8 Å². The number of carbonyl (C=O) groups is 2. The molecule has 6 heteroatoms. The summed E-state index contributed by atoms with van der Waals surface area (Å²) in [5.41, 5.74) is 0. The van der Waals surface area contributed by atoms with Gasteiger partial charge < -0.3 is 20.1 Å². The molecule has 0 spiro atoms. The van der Waals surface area contributed by atoms with Crippen molar-refractivity contribution in [2.75, 3.05) is 27.3 Å². The number of hydrogen-bond acceptors (Lipinski definition) is 4. The molecule has 0 radical (unpaired) electrons. The van der Waals surface area contributed by atoms with E-state index in [1.165, 1.54) is 14.2 Å². The molecule has 0 aromatic carbocycles. The summed E-state index contributed by atoms with van der Waals surface area (Å²) in [6.07, 6.45) is 1.74. The molecule has 1 aliphatic rings. The Morgan fingerprint density at radius 3 is 2.25 bits per heavy atom. The Kier molecular flexibility index (Phi) is 5.21. The van der Waals surface area contributed by atoms with Crippen LogP contribution in [0.5, 0.6) is 0 Å². The van der Waals surface area contributed by atoms with Gasteiger partial charge in [-0.1, -0.05) is 0 Å². The van der Waals surface area contributed by atoms with Crippen LogP contribution in [0.25, 0.3) is 0 Å². The molecule has 0 heterocycles. The molecule has 1 saturated carbocycles. The van der Waals surface area contributed by atoms with Gasteiger partial charge >= 0.3 is 11.8 Å². The molecule has 16 heavy (non-hydrogen) atoms. The fourth-order valence-corrected chi connectivity index (χ4v) is 1.16. The van der Waals surface area contributed by atoms with Crippen molar-refractivity contribution in [1.29, 1.82) is 0 Å². The molecule has 0 aliphatic heterocycles. The number of methoxy groups -OCH3 is 2. The predicted octanol–water partition coefficient (Wildman–Crippen LogP) is -0.752. The number of ether oxygens (including phenoxy) is 2. The molecule has 1 aliphatic carbocycles. The van der Waals surface area contributed by atoms with E-state index < -0.39 is 18.1 Å². The zero-order chi connectivity index (χ0) is 12.0. The highest BCUT2D eigenvalue weighted by molar-refractivity contribution is 6.35. The molecule has 0 bridgehead atoms. The molecule has 0 aromatic heterocycles. The highest BCUT2D eigenvalue weighted by atomic mass is 16.7. The van der Waals surface area contributed by atoms with E-state index >= 15 is 0 Å². The molecule has 1 rings (SSSR count). The van der Waals surface area contributed by atoms with Crippen LogP contribution in [0.3, 0.4) is 0 Å². The van der Waals surface area contributed by atoms with Crippen LogP contribution in [-0.2, 0) is 19.1 Å². The van der Waals surface area contributed by atoms with Crippen molar-refractivity contribution in [2.45, 2.75) is 19.1 Å². The summed E-state index contributed by atoms with van der Waals surface area (Å²) < 4.78 is 9.74. The summed E-state index contributed by atoms with van der Waals surface area (Å²) in [6.45, 7) is 0.743. The predicted molar refractivity (Wildman–Crippen MR) is 56.5 cm³/mol. The molecule has 6 nitrogen and oxygen atoms in total. The Labute approximate surface area is 94.7 Å². The van der Waals surface area contributed by atoms with Gasteiger partial charge in [-0.2, -0.15) is 0 Å². The Hall–Kier alpha value is -1.14. The molecule has 92 valence electrons. The van der Waals surface area contributed by atoms with Crippen molar-refractivity contribution in [3.05, 3.63) is 0 Å². The summed E-state index contributed by atoms with van der Waals surface area (Å²) in [4.78, 5) is 22.5. The van der Waals surface area contributed by atoms with Gasteiger partial charge in [0.1, 0.15) is 0 Å². The van der Waals surface area contributed by atoms with Gasteiger partial charge in [0.15, 0.2) is 6.29 Å². The van der Waals surface area contributed by atoms with Crippen molar-refractivity contribution < 1.29 is 19.1 Å². The zero-order valence-corrected chi connectivity index (χ0v) is 9.62. The largest absolute Gasteiger partial charge is 0.354 e. The highest BCUT2D eigenvalue weighted by Gasteiger charge is 2.23. The first kappa shape index (κ1) is 12.9. The lowest BCUT2D eigenvalue weighted by Crippen LogP contribution is -2.43. The normalized spacial score (nSPS) is 14.9. The molecule has 0 aromatic rings. The van der Waals surface area contributed by atoms with Crippen molar-refractivity contribution in [2.24, 2.45) is 5.92 Å². The summed E-state index contributed by atoms with van der Waals surface area (Å²) in [7, 11) is 2.93. The van der Waals surface area contributed by atoms with Crippen molar-refractivity contribution in [3.63, 3.8) is 0 Å². The standard InChI is InChI=1S/C10H18N2O4/c1-15-8(16-2)6-12-10(14)9(13)11-5-7-3-4-7/h7-8H,3-6H2,1-2H3,(H,11,13)(H,12,14). The van der Waals surface area contributed by atoms with Gasteiger partial charge in [0.25, 0.3) is 0 Å². The minimum absolute atomic E-state index is 0.155. The molecule has 0 atom stereocenters. The van der Waals surface area contributed by atoms with Gasteiger partial charge in [0.2, 0.25) is 0 Å². The van der Waals surface area contributed by atoms with Gasteiger partial charge in [-0.25, -0.2) is 0 Å². The van der Waals surface area contributed by atoms with E-state index in [-0.39, 0.29) is 6.54 Å². The molecule has 0 saturated heterocycles. The minimum atomic E-state index is -0.653. The SMILES string of the molecule is COC(CNC(=O)C(=O)NCC1CC1)OC. The van der Waals surface area contributed by atoms with Gasteiger partial charge in [-0.3, -0.25) is 9.59 Å². The monoisotopic (exact) mass is 230 g/mol. The van der Waals surface area contributed by atoms with Gasteiger partial charge in [0.05, 0.1) is 6.54 Å². The van der Waals surface area contributed by atoms with Gasteiger partial charge in [-0.15, -0.1) is 0 Å². The lowest BCUT2D eigenvalue weighted by Gasteiger charge is -2.13. The smallest absolute Gasteiger partial charge is 0.309 e. The minimum Gasteiger partial charge on any atom is -0.354 e. The third kappa shape index (κ3) is 4.59. The number of rotatable bonds is 6. The van der Waals surface area contributed by atoms with Gasteiger partial charge in [0, 0.05) is 20.8 Å². The third-order valence-corrected chi connectivity index (χ3v) is 2.41. The fraction of sp³-hybridized carbons (Fsp3) is 0.800. The Morgan fingerprint density at radius 2 is 1.75 bits per heavy atom. The van der Waals surface area contributed by atoms with Crippen LogP contribution < -0.4 is 10.6 Å². The molecular weight excluding hydrogens is 212 g/mol. The first-order valence-electron chi connectivity index (χ1n) is 5.29. The van der Waals surface area contributed by atoms with Crippen LogP contribution in [0.1, 0.15) is 12.8 Å². The number of amides is 2. The molecule has 0 unspecified atom stereocenters. The van der Waals surface area contributed by atoms with Crippen LogP contribution in [0.4, 0.5) is 0 Å². The molecular formula is C10H18N2O4. The average molecular weight is 230 g/mol. The molecule has 1 fully saturated rings. The number of carbonyl (C=O) groups excluding carboxylic acids is 2. The van der Waals surface area contributed by atoms with Crippen LogP contribution in [0.15, 0.2) is 0 Å². The van der Waals surface area contributed by atoms with Crippen LogP contribution in [-0.4, -0.2) is 45.4 Å². The topological polar surface area (TPSA) is 76.7 Å². The summed E-state index contributed by atoms with van der Waals surface area (Å²) in [5, 5.41) is 5.00. The number of nitrogens with one attached hydrogen (secondary N) is 2. The van der Waals surface area contributed by atoms with E-state index in [0.29, 0.717) is 12.5 Å². The first-order valence-corrected chi connectivity index (χ1v) is 5.29. The fourth-order valence-electron chi connectivity index (χ4n) is 1.16. The summed E-state index contributed by atoms with van der Waals surface area (Å²) >= 11 is 0. The van der Waals surface area contributed by atoms with Crippen molar-refractivity contribution in [1.82, 2.24) is 10.6 Å². The van der Waals surface area contributed by atoms with Crippen LogP contribution in [0, 0.1) is 5.92 Å². The summed E-state index contributed by atoms with van der Waals surface area (Å²) in [6, 6.07) is 0. The van der Waals surface area contributed by atoms with Gasteiger partial charge in [-0.05, 0) is 18.8 Å². The maximum absolute atomic E-state index is 11.3. The van der Waals surface area contributed by atoms with E-state index in [9.17, 15) is 9.59 Å². The zero-order valence-electron chi connectivity index (χ0n) is 9.62. The van der Waals surface area contributed by atoms with E-state index in [0.717, 1.165) is 12.8 Å². The quantitative estimate of drug-likeness (QED) is 0.465. The van der Waals surface area contributed by atoms with Crippen LogP contribution in [0.2, 0.25) is 0 Å². The van der Waals surface area contributed by atoms with Crippen molar-refractivity contribution in [3.8, 4) is 0 Å². The van der Waals surface area contributed by atoms with E-state index in [1.54, 1.807) is 0 Å². The molecule has 2 N–H and O–H groups in total. The molecule has 2 amide bonds. The van der Waals surface area contributed by atoms with E-state index in [4.69, 9.17) is 9.47 Å². The van der Waals surface area contributed by atoms with E-state index in [2.05, 4.69) is 10.6 Å². The highest BCUT2D eigenvalue weighted by Crippen LogP contribution is 2.27. The second-order valence-electron chi connectivity index (χ2n) is 3.76. The lowest BCUT2D eigenvalue weighted by molar-refractivity contribution is -0.141. The second-order valence-corrected chi connectivity index (χ2v) is 3.76. The average Bonchev–Trinajstić information content (AvgIpc) is 3.10. The Balaban J connectivity index is 2.14. The maximum Gasteiger partial charge on any atom is 0.309 e. The second kappa shape index (κ2) is 6.44.